The Kier molecular flexibility index (Phi) is 3.69. The lowest BCUT2D eigenvalue weighted by atomic mass is 10.3. The van der Waals surface area contributed by atoms with E-state index in [1.807, 2.05) is 16.8 Å². The van der Waals surface area contributed by atoms with Crippen LogP contribution in [0.1, 0.15) is 36.7 Å². The Balaban J connectivity index is 1.38. The Hall–Kier alpha value is -2.77. The van der Waals surface area contributed by atoms with E-state index in [0.29, 0.717) is 5.92 Å². The molecule has 5 rings (SSSR count). The number of rotatable bonds is 3. The summed E-state index contributed by atoms with van der Waals surface area (Å²) in [6, 6.07) is 2.11. The van der Waals surface area contributed by atoms with Crippen molar-refractivity contribution in [3.63, 3.8) is 0 Å². The van der Waals surface area contributed by atoms with Gasteiger partial charge in [-0.25, -0.2) is 15.0 Å². The van der Waals surface area contributed by atoms with E-state index in [2.05, 4.69) is 43.0 Å². The van der Waals surface area contributed by atoms with Gasteiger partial charge in [0.1, 0.15) is 18.0 Å². The number of anilines is 2. The number of nitrogens with zero attached hydrogens (tertiary/aromatic N) is 8. The van der Waals surface area contributed by atoms with Crippen molar-refractivity contribution in [2.75, 3.05) is 36.0 Å². The zero-order valence-electron chi connectivity index (χ0n) is 14.9. The minimum atomic E-state index is 0.576. The van der Waals surface area contributed by atoms with Gasteiger partial charge in [0.25, 0.3) is 0 Å². The molecule has 8 nitrogen and oxygen atoms in total. The van der Waals surface area contributed by atoms with Crippen LogP contribution >= 0.6 is 0 Å². The molecule has 1 saturated carbocycles. The molecule has 0 bridgehead atoms. The summed E-state index contributed by atoms with van der Waals surface area (Å²) >= 11 is 0. The topological polar surface area (TPSA) is 75.3 Å². The Morgan fingerprint density at radius 3 is 2.77 bits per heavy atom. The van der Waals surface area contributed by atoms with E-state index in [9.17, 15) is 0 Å². The van der Waals surface area contributed by atoms with Crippen molar-refractivity contribution in [1.29, 1.82) is 0 Å². The molecule has 0 radical (unpaired) electrons. The SMILES string of the molecule is Cc1cc(N2CCCN(c3nccn4cnnc34)CC2)nc(C2CC2)n1. The molecule has 1 aliphatic carbocycles. The Morgan fingerprint density at radius 2 is 1.88 bits per heavy atom. The third kappa shape index (κ3) is 2.85. The third-order valence-corrected chi connectivity index (χ3v) is 5.12. The molecule has 0 unspecified atom stereocenters. The van der Waals surface area contributed by atoms with Crippen LogP contribution in [0.3, 0.4) is 0 Å². The van der Waals surface area contributed by atoms with Crippen molar-refractivity contribution in [2.45, 2.75) is 32.1 Å². The minimum Gasteiger partial charge on any atom is -0.355 e. The molecule has 8 heteroatoms. The van der Waals surface area contributed by atoms with E-state index >= 15 is 0 Å². The van der Waals surface area contributed by atoms with E-state index in [0.717, 1.165) is 61.4 Å². The second-order valence-corrected chi connectivity index (χ2v) is 7.14. The summed E-state index contributed by atoms with van der Waals surface area (Å²) < 4.78 is 1.92. The van der Waals surface area contributed by atoms with Crippen molar-refractivity contribution in [3.05, 3.63) is 36.3 Å². The van der Waals surface area contributed by atoms with Gasteiger partial charge in [0.15, 0.2) is 5.82 Å². The molecular formula is C18H22N8. The highest BCUT2D eigenvalue weighted by molar-refractivity contribution is 5.63. The molecule has 4 heterocycles. The fourth-order valence-corrected chi connectivity index (χ4v) is 3.59. The molecule has 0 spiro atoms. The molecule has 0 N–H and O–H groups in total. The van der Waals surface area contributed by atoms with Crippen molar-refractivity contribution in [1.82, 2.24) is 29.5 Å². The van der Waals surface area contributed by atoms with Crippen LogP contribution in [0.4, 0.5) is 11.6 Å². The normalized spacial score (nSPS) is 18.3. The van der Waals surface area contributed by atoms with Gasteiger partial charge < -0.3 is 9.80 Å². The summed E-state index contributed by atoms with van der Waals surface area (Å²) in [4.78, 5) is 18.7. The molecule has 2 aliphatic rings. The zero-order valence-corrected chi connectivity index (χ0v) is 14.9. The number of aryl methyl sites for hydroxylation is 1. The monoisotopic (exact) mass is 350 g/mol. The van der Waals surface area contributed by atoms with Crippen LogP contribution in [-0.2, 0) is 0 Å². The van der Waals surface area contributed by atoms with Gasteiger partial charge in [0, 0.05) is 56.3 Å². The maximum absolute atomic E-state index is 4.85. The summed E-state index contributed by atoms with van der Waals surface area (Å²) in [5.41, 5.74) is 1.88. The second kappa shape index (κ2) is 6.19. The van der Waals surface area contributed by atoms with E-state index in [1.54, 1.807) is 6.33 Å². The lowest BCUT2D eigenvalue weighted by Gasteiger charge is -2.24. The third-order valence-electron chi connectivity index (χ3n) is 5.12. The molecule has 0 atom stereocenters. The number of fused-ring (bicyclic) bond motifs is 1. The van der Waals surface area contributed by atoms with E-state index in [-0.39, 0.29) is 0 Å². The zero-order chi connectivity index (χ0) is 17.5. The van der Waals surface area contributed by atoms with Crippen molar-refractivity contribution in [3.8, 4) is 0 Å². The van der Waals surface area contributed by atoms with Gasteiger partial charge in [-0.05, 0) is 26.2 Å². The minimum absolute atomic E-state index is 0.576. The van der Waals surface area contributed by atoms with Gasteiger partial charge in [-0.2, -0.15) is 0 Å². The molecule has 0 aromatic carbocycles. The van der Waals surface area contributed by atoms with Gasteiger partial charge in [-0.15, -0.1) is 10.2 Å². The van der Waals surface area contributed by atoms with Gasteiger partial charge in [-0.3, -0.25) is 4.40 Å². The van der Waals surface area contributed by atoms with Crippen LogP contribution < -0.4 is 9.80 Å². The van der Waals surface area contributed by atoms with E-state index < -0.39 is 0 Å². The number of hydrogen-bond acceptors (Lipinski definition) is 7. The molecular weight excluding hydrogens is 328 g/mol. The predicted octanol–water partition coefficient (Wildman–Crippen LogP) is 1.82. The Bertz CT molecular complexity index is 932. The van der Waals surface area contributed by atoms with Crippen LogP contribution in [0.2, 0.25) is 0 Å². The summed E-state index contributed by atoms with van der Waals surface area (Å²) in [6.07, 6.45) is 8.91. The summed E-state index contributed by atoms with van der Waals surface area (Å²) in [7, 11) is 0. The summed E-state index contributed by atoms with van der Waals surface area (Å²) in [5.74, 6) is 3.57. The quantitative estimate of drug-likeness (QED) is 0.713. The van der Waals surface area contributed by atoms with Gasteiger partial charge >= 0.3 is 0 Å². The molecule has 1 saturated heterocycles. The average Bonchev–Trinajstić information content (AvgIpc) is 3.43. The first-order valence-corrected chi connectivity index (χ1v) is 9.28. The van der Waals surface area contributed by atoms with Crippen LogP contribution in [-0.4, -0.2) is 55.7 Å². The predicted molar refractivity (Wildman–Crippen MR) is 98.6 cm³/mol. The van der Waals surface area contributed by atoms with Gasteiger partial charge in [-0.1, -0.05) is 0 Å². The number of aromatic nitrogens is 6. The fourth-order valence-electron chi connectivity index (χ4n) is 3.59. The van der Waals surface area contributed by atoms with Gasteiger partial charge in [0.05, 0.1) is 0 Å². The van der Waals surface area contributed by atoms with E-state index in [1.165, 1.54) is 12.8 Å². The molecule has 1 aliphatic heterocycles. The summed E-state index contributed by atoms with van der Waals surface area (Å²) in [5, 5.41) is 8.23. The molecule has 3 aromatic rings. The average molecular weight is 350 g/mol. The standard InChI is InChI=1S/C18H22N8/c1-13-11-15(22-16(21-13)14-3-4-14)24-6-2-7-25(10-9-24)17-18-23-20-12-26(18)8-5-19-17/h5,8,11-12,14H,2-4,6-7,9-10H2,1H3. The largest absolute Gasteiger partial charge is 0.355 e. The van der Waals surface area contributed by atoms with Crippen molar-refractivity contribution in [2.24, 2.45) is 0 Å². The fraction of sp³-hybridized carbons (Fsp3) is 0.500. The summed E-state index contributed by atoms with van der Waals surface area (Å²) in [6.45, 7) is 5.82. The lowest BCUT2D eigenvalue weighted by Crippen LogP contribution is -2.32. The van der Waals surface area contributed by atoms with E-state index in [4.69, 9.17) is 4.98 Å². The smallest absolute Gasteiger partial charge is 0.203 e. The Morgan fingerprint density at radius 1 is 1.04 bits per heavy atom. The molecule has 2 fully saturated rings. The first-order valence-electron chi connectivity index (χ1n) is 9.28. The maximum atomic E-state index is 4.85. The number of hydrogen-bond donors (Lipinski definition) is 0. The maximum Gasteiger partial charge on any atom is 0.203 e. The van der Waals surface area contributed by atoms with Crippen molar-refractivity contribution < 1.29 is 0 Å². The highest BCUT2D eigenvalue weighted by Crippen LogP contribution is 2.38. The van der Waals surface area contributed by atoms with Crippen LogP contribution in [0, 0.1) is 6.92 Å². The molecule has 0 amide bonds. The van der Waals surface area contributed by atoms with Crippen LogP contribution in [0.15, 0.2) is 24.8 Å². The van der Waals surface area contributed by atoms with Crippen LogP contribution in [0.25, 0.3) is 5.65 Å². The molecule has 3 aromatic heterocycles. The first-order chi connectivity index (χ1) is 12.8. The lowest BCUT2D eigenvalue weighted by molar-refractivity contribution is 0.781. The molecule has 26 heavy (non-hydrogen) atoms. The van der Waals surface area contributed by atoms with Crippen molar-refractivity contribution >= 4 is 17.3 Å². The highest BCUT2D eigenvalue weighted by atomic mass is 15.3. The first kappa shape index (κ1) is 15.5. The second-order valence-electron chi connectivity index (χ2n) is 7.14. The van der Waals surface area contributed by atoms with Gasteiger partial charge in [0.2, 0.25) is 5.65 Å². The Labute approximate surface area is 151 Å². The highest BCUT2D eigenvalue weighted by Gasteiger charge is 2.28. The van der Waals surface area contributed by atoms with Crippen LogP contribution in [0.5, 0.6) is 0 Å². The molecule has 134 valence electrons.